The number of likely N-dealkylation sites (N-methyl/N-ethyl adjacent to an activating group) is 1. The summed E-state index contributed by atoms with van der Waals surface area (Å²) in [5.74, 6) is -0.395. The van der Waals surface area contributed by atoms with Crippen molar-refractivity contribution < 1.29 is 4.79 Å². The van der Waals surface area contributed by atoms with Gasteiger partial charge in [0.05, 0.1) is 6.20 Å². The van der Waals surface area contributed by atoms with Crippen molar-refractivity contribution in [3.63, 3.8) is 0 Å². The molecule has 5 nitrogen and oxygen atoms in total. The van der Waals surface area contributed by atoms with Crippen molar-refractivity contribution in [1.29, 1.82) is 5.26 Å². The molecule has 0 saturated carbocycles. The Labute approximate surface area is 101 Å². The zero-order valence-electron chi connectivity index (χ0n) is 10.5. The minimum Gasteiger partial charge on any atom is -0.354 e. The summed E-state index contributed by atoms with van der Waals surface area (Å²) >= 11 is 0. The lowest BCUT2D eigenvalue weighted by Gasteiger charge is -2.17. The standard InChI is InChI=1S/C12H16N4O/c1-12(2,3)10-9(7-15-16-10)5-8(6-13)11(17)14-4/h5,7H,1-4H3,(H,14,17)(H,15,16)/b8-5+. The van der Waals surface area contributed by atoms with Crippen LogP contribution in [0.5, 0.6) is 0 Å². The van der Waals surface area contributed by atoms with Crippen LogP contribution in [0.2, 0.25) is 0 Å². The Morgan fingerprint density at radius 3 is 2.71 bits per heavy atom. The van der Waals surface area contributed by atoms with Crippen LogP contribution in [0.3, 0.4) is 0 Å². The molecule has 0 spiro atoms. The van der Waals surface area contributed by atoms with Gasteiger partial charge in [-0.3, -0.25) is 9.89 Å². The number of H-pyrrole nitrogens is 1. The highest BCUT2D eigenvalue weighted by atomic mass is 16.1. The largest absolute Gasteiger partial charge is 0.354 e. The molecule has 0 radical (unpaired) electrons. The van der Waals surface area contributed by atoms with Crippen molar-refractivity contribution in [2.75, 3.05) is 7.05 Å². The lowest BCUT2D eigenvalue weighted by atomic mass is 9.89. The first-order chi connectivity index (χ1) is 7.90. The van der Waals surface area contributed by atoms with E-state index in [0.717, 1.165) is 11.3 Å². The van der Waals surface area contributed by atoms with E-state index >= 15 is 0 Å². The molecule has 0 bridgehead atoms. The molecule has 0 aliphatic heterocycles. The Kier molecular flexibility index (Phi) is 3.69. The molecule has 0 aromatic carbocycles. The second-order valence-corrected chi connectivity index (χ2v) is 4.70. The first-order valence-corrected chi connectivity index (χ1v) is 5.28. The van der Waals surface area contributed by atoms with E-state index in [9.17, 15) is 4.79 Å². The number of nitrogens with zero attached hydrogens (tertiary/aromatic N) is 2. The number of carbonyl (C=O) groups excluding carboxylic acids is 1. The number of rotatable bonds is 2. The quantitative estimate of drug-likeness (QED) is 0.596. The lowest BCUT2D eigenvalue weighted by Crippen LogP contribution is -2.19. The fourth-order valence-electron chi connectivity index (χ4n) is 1.44. The molecule has 0 aliphatic rings. The molecule has 90 valence electrons. The molecule has 0 aliphatic carbocycles. The number of hydrogen-bond acceptors (Lipinski definition) is 3. The number of aromatic nitrogens is 2. The average Bonchev–Trinajstić information content (AvgIpc) is 2.72. The van der Waals surface area contributed by atoms with Crippen LogP contribution < -0.4 is 5.32 Å². The van der Waals surface area contributed by atoms with Crippen LogP contribution in [-0.4, -0.2) is 23.2 Å². The van der Waals surface area contributed by atoms with Crippen LogP contribution in [0.1, 0.15) is 32.0 Å². The van der Waals surface area contributed by atoms with Crippen molar-refractivity contribution in [2.24, 2.45) is 0 Å². The molecule has 0 unspecified atom stereocenters. The number of nitriles is 1. The molecule has 5 heteroatoms. The van der Waals surface area contributed by atoms with E-state index in [2.05, 4.69) is 15.5 Å². The predicted molar refractivity (Wildman–Crippen MR) is 64.9 cm³/mol. The molecule has 2 N–H and O–H groups in total. The minimum absolute atomic E-state index is 0.0689. The lowest BCUT2D eigenvalue weighted by molar-refractivity contribution is -0.116. The van der Waals surface area contributed by atoms with Crippen molar-refractivity contribution >= 4 is 12.0 Å². The molecule has 1 heterocycles. The fraction of sp³-hybridized carbons (Fsp3) is 0.417. The number of amides is 1. The van der Waals surface area contributed by atoms with Gasteiger partial charge in [-0.15, -0.1) is 0 Å². The molecule has 0 saturated heterocycles. The molecule has 1 aromatic heterocycles. The molecule has 1 rings (SSSR count). The SMILES string of the molecule is CNC(=O)/C(C#N)=C/c1cn[nH]c1C(C)(C)C. The zero-order valence-corrected chi connectivity index (χ0v) is 10.5. The third kappa shape index (κ3) is 2.94. The van der Waals surface area contributed by atoms with Gasteiger partial charge in [0.2, 0.25) is 0 Å². The molecule has 0 fully saturated rings. The van der Waals surface area contributed by atoms with Gasteiger partial charge in [0.15, 0.2) is 0 Å². The van der Waals surface area contributed by atoms with E-state index in [1.807, 2.05) is 26.8 Å². The maximum Gasteiger partial charge on any atom is 0.261 e. The Morgan fingerprint density at radius 2 is 2.24 bits per heavy atom. The van der Waals surface area contributed by atoms with Gasteiger partial charge in [-0.05, 0) is 6.08 Å². The summed E-state index contributed by atoms with van der Waals surface area (Å²) in [7, 11) is 1.49. The van der Waals surface area contributed by atoms with Gasteiger partial charge in [0, 0.05) is 23.7 Å². The Balaban J connectivity index is 3.19. The van der Waals surface area contributed by atoms with Gasteiger partial charge < -0.3 is 5.32 Å². The maximum atomic E-state index is 11.4. The second-order valence-electron chi connectivity index (χ2n) is 4.70. The van der Waals surface area contributed by atoms with E-state index in [1.165, 1.54) is 7.05 Å². The monoisotopic (exact) mass is 232 g/mol. The Hall–Kier alpha value is -2.09. The fourth-order valence-corrected chi connectivity index (χ4v) is 1.44. The highest BCUT2D eigenvalue weighted by molar-refractivity contribution is 6.01. The van der Waals surface area contributed by atoms with Crippen molar-refractivity contribution in [1.82, 2.24) is 15.5 Å². The third-order valence-corrected chi connectivity index (χ3v) is 2.31. The number of hydrogen-bond donors (Lipinski definition) is 2. The van der Waals surface area contributed by atoms with E-state index in [4.69, 9.17) is 5.26 Å². The molecule has 1 aromatic rings. The molecular formula is C12H16N4O. The normalized spacial score (nSPS) is 12.1. The Morgan fingerprint density at radius 1 is 1.59 bits per heavy atom. The van der Waals surface area contributed by atoms with Crippen molar-refractivity contribution in [2.45, 2.75) is 26.2 Å². The first kappa shape index (κ1) is 13.0. The van der Waals surface area contributed by atoms with E-state index in [-0.39, 0.29) is 11.0 Å². The van der Waals surface area contributed by atoms with Gasteiger partial charge in [-0.1, -0.05) is 20.8 Å². The van der Waals surface area contributed by atoms with E-state index in [1.54, 1.807) is 12.3 Å². The summed E-state index contributed by atoms with van der Waals surface area (Å²) in [6, 6.07) is 1.88. The Bertz CT molecular complexity index is 485. The first-order valence-electron chi connectivity index (χ1n) is 5.28. The predicted octanol–water partition coefficient (Wildman–Crippen LogP) is 1.36. The smallest absolute Gasteiger partial charge is 0.261 e. The summed E-state index contributed by atoms with van der Waals surface area (Å²) in [6.07, 6.45) is 3.16. The summed E-state index contributed by atoms with van der Waals surface area (Å²) in [5, 5.41) is 18.2. The van der Waals surface area contributed by atoms with Gasteiger partial charge in [-0.25, -0.2) is 0 Å². The second kappa shape index (κ2) is 4.83. The van der Waals surface area contributed by atoms with Crippen LogP contribution in [0.15, 0.2) is 11.8 Å². The van der Waals surface area contributed by atoms with E-state index in [0.29, 0.717) is 0 Å². The van der Waals surface area contributed by atoms with Crippen LogP contribution in [-0.2, 0) is 10.2 Å². The minimum atomic E-state index is -0.395. The summed E-state index contributed by atoms with van der Waals surface area (Å²) in [6.45, 7) is 6.09. The van der Waals surface area contributed by atoms with Crippen molar-refractivity contribution in [3.05, 3.63) is 23.0 Å². The average molecular weight is 232 g/mol. The van der Waals surface area contributed by atoms with Gasteiger partial charge >= 0.3 is 0 Å². The van der Waals surface area contributed by atoms with Crippen molar-refractivity contribution in [3.8, 4) is 6.07 Å². The van der Waals surface area contributed by atoms with E-state index < -0.39 is 5.91 Å². The molecule has 17 heavy (non-hydrogen) atoms. The van der Waals surface area contributed by atoms with Crippen LogP contribution >= 0.6 is 0 Å². The zero-order chi connectivity index (χ0) is 13.1. The third-order valence-electron chi connectivity index (χ3n) is 2.31. The van der Waals surface area contributed by atoms with Gasteiger partial charge in [0.1, 0.15) is 11.6 Å². The maximum absolute atomic E-state index is 11.4. The molecule has 1 amide bonds. The summed E-state index contributed by atoms with van der Waals surface area (Å²) in [4.78, 5) is 11.4. The van der Waals surface area contributed by atoms with Crippen LogP contribution in [0.25, 0.3) is 6.08 Å². The highest BCUT2D eigenvalue weighted by Crippen LogP contribution is 2.24. The van der Waals surface area contributed by atoms with Crippen LogP contribution in [0.4, 0.5) is 0 Å². The molecular weight excluding hydrogens is 216 g/mol. The topological polar surface area (TPSA) is 81.6 Å². The summed E-state index contributed by atoms with van der Waals surface area (Å²) < 4.78 is 0. The highest BCUT2D eigenvalue weighted by Gasteiger charge is 2.20. The molecule has 0 atom stereocenters. The number of aromatic amines is 1. The number of carbonyl (C=O) groups is 1. The number of nitrogens with one attached hydrogen (secondary N) is 2. The van der Waals surface area contributed by atoms with Gasteiger partial charge in [-0.2, -0.15) is 10.4 Å². The van der Waals surface area contributed by atoms with Gasteiger partial charge in [0.25, 0.3) is 5.91 Å². The van der Waals surface area contributed by atoms with Crippen LogP contribution in [0, 0.1) is 11.3 Å². The summed E-state index contributed by atoms with van der Waals surface area (Å²) in [5.41, 5.74) is 1.61.